The number of hydrogen-bond donors (Lipinski definition) is 2. The van der Waals surface area contributed by atoms with Gasteiger partial charge in [0.25, 0.3) is 0 Å². The van der Waals surface area contributed by atoms with Crippen molar-refractivity contribution in [1.82, 2.24) is 10.6 Å². The van der Waals surface area contributed by atoms with E-state index in [1.807, 2.05) is 0 Å². The van der Waals surface area contributed by atoms with Crippen molar-refractivity contribution >= 4 is 11.8 Å². The smallest absolute Gasteiger partial charge is 0.220 e. The molecule has 2 amide bonds. The van der Waals surface area contributed by atoms with Crippen molar-refractivity contribution in [2.75, 3.05) is 6.54 Å². The molecule has 0 radical (unpaired) electrons. The highest BCUT2D eigenvalue weighted by Gasteiger charge is 2.07. The van der Waals surface area contributed by atoms with Gasteiger partial charge >= 0.3 is 0 Å². The Hall–Kier alpha value is -1.32. The third-order valence-corrected chi connectivity index (χ3v) is 7.97. The number of hydrogen-bond acceptors (Lipinski definition) is 2. The molecule has 0 saturated heterocycles. The second-order valence-corrected chi connectivity index (χ2v) is 12.2. The Bertz CT molecular complexity index is 575. The molecule has 0 rings (SSSR count). The second-order valence-electron chi connectivity index (χ2n) is 12.2. The van der Waals surface area contributed by atoms with Crippen molar-refractivity contribution in [1.29, 1.82) is 0 Å². The second kappa shape index (κ2) is 32.2. The van der Waals surface area contributed by atoms with Crippen LogP contribution in [-0.4, -0.2) is 24.4 Å². The van der Waals surface area contributed by atoms with E-state index in [0.29, 0.717) is 12.8 Å². The monoisotopic (exact) mass is 563 g/mol. The van der Waals surface area contributed by atoms with Crippen LogP contribution in [-0.2, 0) is 9.59 Å². The summed E-state index contributed by atoms with van der Waals surface area (Å²) in [5.74, 6) is 0.394. The molecule has 0 heterocycles. The predicted octanol–water partition coefficient (Wildman–Crippen LogP) is 10.7. The summed E-state index contributed by atoms with van der Waals surface area (Å²) in [5.41, 5.74) is 0. The maximum absolute atomic E-state index is 12.2. The van der Waals surface area contributed by atoms with Crippen molar-refractivity contribution < 1.29 is 9.59 Å². The van der Waals surface area contributed by atoms with Gasteiger partial charge in [0.05, 0.1) is 0 Å². The maximum atomic E-state index is 12.2. The minimum atomic E-state index is 0.194. The molecule has 236 valence electrons. The Morgan fingerprint density at radius 1 is 0.525 bits per heavy atom. The molecular formula is C36H70N2O2. The molecule has 4 heteroatoms. The van der Waals surface area contributed by atoms with Crippen LogP contribution in [0.15, 0.2) is 12.2 Å². The molecule has 0 aromatic rings. The first-order valence-corrected chi connectivity index (χ1v) is 17.8. The largest absolute Gasteiger partial charge is 0.356 e. The summed E-state index contributed by atoms with van der Waals surface area (Å²) < 4.78 is 0. The summed E-state index contributed by atoms with van der Waals surface area (Å²) in [4.78, 5) is 24.2. The third kappa shape index (κ3) is 31.2. The highest BCUT2D eigenvalue weighted by Crippen LogP contribution is 2.12. The molecule has 4 nitrogen and oxygen atoms in total. The van der Waals surface area contributed by atoms with Crippen LogP contribution in [0.2, 0.25) is 0 Å². The number of allylic oxidation sites excluding steroid dienone is 2. The minimum Gasteiger partial charge on any atom is -0.356 e. The number of amides is 2. The standard InChI is InChI=1S/C36H70N2O2/c1-4-6-8-10-12-14-16-17-19-20-22-24-26-31-35(39)37-33-29-28-30-34(3)38-36(40)32-27-25-23-21-18-15-13-11-9-7-5-2/h14,16,34H,4-13,15,17-33H2,1-3H3,(H,37,39)(H,38,40)/b16-14-/t34-/m1/s1. The van der Waals surface area contributed by atoms with Crippen LogP contribution >= 0.6 is 0 Å². The Kier molecular flexibility index (Phi) is 31.1. The lowest BCUT2D eigenvalue weighted by molar-refractivity contribution is -0.122. The van der Waals surface area contributed by atoms with Crippen molar-refractivity contribution in [2.45, 2.75) is 200 Å². The van der Waals surface area contributed by atoms with E-state index >= 15 is 0 Å². The molecule has 2 N–H and O–H groups in total. The van der Waals surface area contributed by atoms with Gasteiger partial charge in [0.2, 0.25) is 11.8 Å². The predicted molar refractivity (Wildman–Crippen MR) is 176 cm³/mol. The van der Waals surface area contributed by atoms with Gasteiger partial charge in [-0.05, 0) is 64.7 Å². The summed E-state index contributed by atoms with van der Waals surface area (Å²) in [6.45, 7) is 7.38. The van der Waals surface area contributed by atoms with Crippen molar-refractivity contribution in [3.8, 4) is 0 Å². The first-order chi connectivity index (χ1) is 19.6. The van der Waals surface area contributed by atoms with Crippen LogP contribution in [0.4, 0.5) is 0 Å². The minimum absolute atomic E-state index is 0.194. The summed E-state index contributed by atoms with van der Waals surface area (Å²) in [7, 11) is 0. The molecule has 0 aromatic heterocycles. The molecule has 0 saturated carbocycles. The Balaban J connectivity index is 3.41. The third-order valence-electron chi connectivity index (χ3n) is 7.97. The van der Waals surface area contributed by atoms with E-state index in [1.54, 1.807) is 0 Å². The fraction of sp³-hybridized carbons (Fsp3) is 0.889. The number of nitrogens with one attached hydrogen (secondary N) is 2. The van der Waals surface area contributed by atoms with E-state index in [4.69, 9.17) is 0 Å². The molecule has 0 aliphatic carbocycles. The first kappa shape index (κ1) is 38.7. The van der Waals surface area contributed by atoms with Crippen molar-refractivity contribution in [3.63, 3.8) is 0 Å². The van der Waals surface area contributed by atoms with Crippen LogP contribution < -0.4 is 10.6 Å². The van der Waals surface area contributed by atoms with Gasteiger partial charge in [0, 0.05) is 25.4 Å². The zero-order chi connectivity index (χ0) is 29.4. The molecule has 0 fully saturated rings. The number of carbonyl (C=O) groups is 2. The lowest BCUT2D eigenvalue weighted by Gasteiger charge is -2.14. The summed E-state index contributed by atoms with van der Waals surface area (Å²) in [6, 6.07) is 0.220. The number of carbonyl (C=O) groups excluding carboxylic acids is 2. The normalized spacial score (nSPS) is 12.2. The van der Waals surface area contributed by atoms with Crippen LogP contribution in [0.5, 0.6) is 0 Å². The van der Waals surface area contributed by atoms with Gasteiger partial charge in [0.15, 0.2) is 0 Å². The summed E-state index contributed by atoms with van der Waals surface area (Å²) >= 11 is 0. The van der Waals surface area contributed by atoms with E-state index < -0.39 is 0 Å². The molecule has 0 unspecified atom stereocenters. The van der Waals surface area contributed by atoms with Gasteiger partial charge in [0.1, 0.15) is 0 Å². The summed E-state index contributed by atoms with van der Waals surface area (Å²) in [5, 5.41) is 6.22. The first-order valence-electron chi connectivity index (χ1n) is 17.8. The van der Waals surface area contributed by atoms with E-state index in [9.17, 15) is 9.59 Å². The fourth-order valence-electron chi connectivity index (χ4n) is 5.26. The molecule has 0 spiro atoms. The van der Waals surface area contributed by atoms with E-state index in [0.717, 1.165) is 45.1 Å². The topological polar surface area (TPSA) is 58.2 Å². The average molecular weight is 563 g/mol. The quantitative estimate of drug-likeness (QED) is 0.0652. The zero-order valence-electron chi connectivity index (χ0n) is 27.3. The average Bonchev–Trinajstić information content (AvgIpc) is 2.94. The van der Waals surface area contributed by atoms with Gasteiger partial charge in [-0.3, -0.25) is 9.59 Å². The maximum Gasteiger partial charge on any atom is 0.220 e. The summed E-state index contributed by atoms with van der Waals surface area (Å²) in [6.07, 6.45) is 37.2. The van der Waals surface area contributed by atoms with E-state index in [-0.39, 0.29) is 17.9 Å². The molecule has 1 atom stereocenters. The van der Waals surface area contributed by atoms with E-state index in [2.05, 4.69) is 43.6 Å². The van der Waals surface area contributed by atoms with Crippen LogP contribution in [0, 0.1) is 0 Å². The Labute approximate surface area is 250 Å². The highest BCUT2D eigenvalue weighted by atomic mass is 16.2. The Morgan fingerprint density at radius 2 is 0.950 bits per heavy atom. The number of rotatable bonds is 31. The van der Waals surface area contributed by atoms with Crippen LogP contribution in [0.1, 0.15) is 194 Å². The Morgan fingerprint density at radius 3 is 1.48 bits per heavy atom. The highest BCUT2D eigenvalue weighted by molar-refractivity contribution is 5.76. The van der Waals surface area contributed by atoms with Gasteiger partial charge in [-0.1, -0.05) is 129 Å². The van der Waals surface area contributed by atoms with Crippen molar-refractivity contribution in [3.05, 3.63) is 12.2 Å². The van der Waals surface area contributed by atoms with Gasteiger partial charge < -0.3 is 10.6 Å². The molecule has 0 bridgehead atoms. The van der Waals surface area contributed by atoms with Gasteiger partial charge in [-0.25, -0.2) is 0 Å². The van der Waals surface area contributed by atoms with Crippen LogP contribution in [0.25, 0.3) is 0 Å². The lowest BCUT2D eigenvalue weighted by Crippen LogP contribution is -2.32. The van der Waals surface area contributed by atoms with Crippen LogP contribution in [0.3, 0.4) is 0 Å². The molecule has 0 aromatic carbocycles. The molecular weight excluding hydrogens is 492 g/mol. The van der Waals surface area contributed by atoms with Gasteiger partial charge in [-0.15, -0.1) is 0 Å². The fourth-order valence-corrected chi connectivity index (χ4v) is 5.26. The molecule has 0 aliphatic rings. The zero-order valence-corrected chi connectivity index (χ0v) is 27.3. The van der Waals surface area contributed by atoms with Gasteiger partial charge in [-0.2, -0.15) is 0 Å². The molecule has 0 aliphatic heterocycles. The number of unbranched alkanes of at least 4 members (excludes halogenated alkanes) is 20. The lowest BCUT2D eigenvalue weighted by atomic mass is 10.0. The SMILES string of the molecule is CCCCCC/C=C\CCCCCCCC(=O)NCCCC[C@@H](C)NC(=O)CCCCCCCCCCCCC. The molecule has 40 heavy (non-hydrogen) atoms. The van der Waals surface area contributed by atoms with E-state index in [1.165, 1.54) is 122 Å². The van der Waals surface area contributed by atoms with Crippen molar-refractivity contribution in [2.24, 2.45) is 0 Å².